The smallest absolute Gasteiger partial charge is 0.270 e. The number of hydrogen-bond donors (Lipinski definition) is 0. The van der Waals surface area contributed by atoms with E-state index in [1.807, 2.05) is 6.92 Å². The summed E-state index contributed by atoms with van der Waals surface area (Å²) in [6.07, 6.45) is 0.925. The van der Waals surface area contributed by atoms with E-state index in [-0.39, 0.29) is 17.1 Å². The summed E-state index contributed by atoms with van der Waals surface area (Å²) in [6, 6.07) is 9.62. The van der Waals surface area contributed by atoms with Gasteiger partial charge >= 0.3 is 0 Å². The van der Waals surface area contributed by atoms with E-state index in [2.05, 4.69) is 4.99 Å². The van der Waals surface area contributed by atoms with Crippen molar-refractivity contribution in [3.63, 3.8) is 0 Å². The molecule has 1 aliphatic rings. The van der Waals surface area contributed by atoms with E-state index >= 15 is 0 Å². The Morgan fingerprint density at radius 2 is 2.00 bits per heavy atom. The van der Waals surface area contributed by atoms with E-state index in [0.29, 0.717) is 34.6 Å². The molecule has 1 amide bonds. The molecule has 2 aromatic carbocycles. The van der Waals surface area contributed by atoms with Gasteiger partial charge in [-0.25, -0.2) is 8.42 Å². The van der Waals surface area contributed by atoms with Crippen LogP contribution in [0.15, 0.2) is 52.4 Å². The number of fused-ring (bicyclic) bond motifs is 1. The van der Waals surface area contributed by atoms with E-state index in [1.165, 1.54) is 47.0 Å². The number of nitrogens with zero attached hydrogens (tertiary/aromatic N) is 4. The van der Waals surface area contributed by atoms with Crippen LogP contribution < -0.4 is 9.54 Å². The van der Waals surface area contributed by atoms with Crippen molar-refractivity contribution in [3.8, 4) is 5.75 Å². The Kier molecular flexibility index (Phi) is 6.32. The van der Waals surface area contributed by atoms with Crippen LogP contribution >= 0.6 is 11.3 Å². The Hall–Kier alpha value is -3.09. The fourth-order valence-corrected chi connectivity index (χ4v) is 6.68. The third kappa shape index (κ3) is 4.28. The first-order valence-corrected chi connectivity index (χ1v) is 12.5. The first-order valence-electron chi connectivity index (χ1n) is 10.3. The van der Waals surface area contributed by atoms with E-state index < -0.39 is 26.9 Å². The van der Waals surface area contributed by atoms with Gasteiger partial charge in [-0.3, -0.25) is 14.9 Å². The zero-order valence-corrected chi connectivity index (χ0v) is 19.6. The number of hydrogen-bond acceptors (Lipinski definition) is 7. The number of thiazole rings is 1. The Balaban J connectivity index is 1.69. The molecule has 12 heteroatoms. The van der Waals surface area contributed by atoms with Crippen molar-refractivity contribution in [2.75, 3.05) is 13.7 Å². The third-order valence-corrected chi connectivity index (χ3v) is 8.52. The molecule has 0 N–H and O–H groups in total. The molecule has 174 valence electrons. The summed E-state index contributed by atoms with van der Waals surface area (Å²) in [5, 5.41) is 11.1. The lowest BCUT2D eigenvalue weighted by Gasteiger charge is -2.21. The first-order chi connectivity index (χ1) is 15.8. The normalized spacial score (nSPS) is 17.5. The van der Waals surface area contributed by atoms with Gasteiger partial charge in [0.2, 0.25) is 10.0 Å². The quantitative estimate of drug-likeness (QED) is 0.387. The van der Waals surface area contributed by atoms with Crippen LogP contribution in [0.3, 0.4) is 0 Å². The molecule has 0 spiro atoms. The molecule has 3 aromatic rings. The summed E-state index contributed by atoms with van der Waals surface area (Å²) in [4.78, 5) is 28.5. The Labute approximate surface area is 193 Å². The highest BCUT2D eigenvalue weighted by atomic mass is 32.2. The number of nitro benzene ring substituents is 1. The van der Waals surface area contributed by atoms with Gasteiger partial charge in [-0.2, -0.15) is 9.30 Å². The average Bonchev–Trinajstić information content (AvgIpc) is 3.43. The number of rotatable bonds is 6. The number of amides is 1. The Morgan fingerprint density at radius 1 is 1.27 bits per heavy atom. The summed E-state index contributed by atoms with van der Waals surface area (Å²) in [7, 11) is -2.39. The minimum absolute atomic E-state index is 0.0440. The molecule has 1 aromatic heterocycles. The van der Waals surface area contributed by atoms with Crippen LogP contribution in [0.5, 0.6) is 5.75 Å². The minimum Gasteiger partial charge on any atom is -0.497 e. The summed E-state index contributed by atoms with van der Waals surface area (Å²) in [5.41, 5.74) is 0.686. The Morgan fingerprint density at radius 3 is 2.64 bits per heavy atom. The zero-order chi connectivity index (χ0) is 23.8. The molecule has 0 aliphatic carbocycles. The minimum atomic E-state index is -3.89. The summed E-state index contributed by atoms with van der Waals surface area (Å²) in [5.74, 6) is -0.0139. The van der Waals surface area contributed by atoms with Gasteiger partial charge in [0, 0.05) is 25.2 Å². The molecule has 4 rings (SSSR count). The molecule has 0 radical (unpaired) electrons. The highest BCUT2D eigenvalue weighted by molar-refractivity contribution is 7.89. The van der Waals surface area contributed by atoms with Crippen LogP contribution in [-0.4, -0.2) is 47.8 Å². The van der Waals surface area contributed by atoms with E-state index in [4.69, 9.17) is 4.74 Å². The van der Waals surface area contributed by atoms with E-state index in [9.17, 15) is 23.3 Å². The molecule has 10 nitrogen and oxygen atoms in total. The number of nitro groups is 1. The van der Waals surface area contributed by atoms with Gasteiger partial charge in [0.15, 0.2) is 4.80 Å². The second kappa shape index (κ2) is 9.04. The zero-order valence-electron chi connectivity index (χ0n) is 18.0. The summed E-state index contributed by atoms with van der Waals surface area (Å²) < 4.78 is 35.1. The highest BCUT2D eigenvalue weighted by Gasteiger charge is 2.39. The van der Waals surface area contributed by atoms with Gasteiger partial charge in [0.05, 0.1) is 27.1 Å². The lowest BCUT2D eigenvalue weighted by atomic mass is 10.2. The van der Waals surface area contributed by atoms with Crippen LogP contribution in [0, 0.1) is 10.1 Å². The summed E-state index contributed by atoms with van der Waals surface area (Å²) in [6.45, 7) is 2.61. The third-order valence-electron chi connectivity index (χ3n) is 5.55. The maximum absolute atomic E-state index is 13.2. The second-order valence-electron chi connectivity index (χ2n) is 7.44. The lowest BCUT2D eigenvalue weighted by Crippen LogP contribution is -2.40. The lowest BCUT2D eigenvalue weighted by molar-refractivity contribution is -0.384. The van der Waals surface area contributed by atoms with Gasteiger partial charge in [-0.05, 0) is 50.1 Å². The average molecular weight is 491 g/mol. The molecule has 1 atom stereocenters. The number of carbonyl (C=O) groups is 1. The van der Waals surface area contributed by atoms with Crippen LogP contribution in [0.2, 0.25) is 0 Å². The van der Waals surface area contributed by atoms with Crippen LogP contribution in [-0.2, 0) is 21.4 Å². The van der Waals surface area contributed by atoms with Gasteiger partial charge in [0.1, 0.15) is 11.8 Å². The SMILES string of the molecule is CCn1c(=NC(=O)C2CCCN2S(=O)(=O)c2ccc(OC)cc2)sc2cc([N+](=O)[O-])ccc21. The maximum atomic E-state index is 13.2. The molecule has 2 heterocycles. The van der Waals surface area contributed by atoms with Gasteiger partial charge in [-0.1, -0.05) is 11.3 Å². The van der Waals surface area contributed by atoms with Crippen molar-refractivity contribution in [1.29, 1.82) is 0 Å². The molecule has 1 saturated heterocycles. The van der Waals surface area contributed by atoms with Crippen molar-refractivity contribution in [3.05, 3.63) is 57.4 Å². The van der Waals surface area contributed by atoms with Crippen LogP contribution in [0.4, 0.5) is 5.69 Å². The summed E-state index contributed by atoms with van der Waals surface area (Å²) >= 11 is 1.17. The molecular weight excluding hydrogens is 468 g/mol. The van der Waals surface area contributed by atoms with Crippen molar-refractivity contribution in [2.24, 2.45) is 4.99 Å². The number of non-ortho nitro benzene ring substituents is 1. The molecule has 1 fully saturated rings. The van der Waals surface area contributed by atoms with Crippen LogP contribution in [0.25, 0.3) is 10.2 Å². The van der Waals surface area contributed by atoms with Gasteiger partial charge in [0.25, 0.3) is 11.6 Å². The number of methoxy groups -OCH3 is 1. The molecule has 0 saturated carbocycles. The molecule has 1 aliphatic heterocycles. The maximum Gasteiger partial charge on any atom is 0.270 e. The second-order valence-corrected chi connectivity index (χ2v) is 10.3. The van der Waals surface area contributed by atoms with E-state index in [1.54, 1.807) is 22.8 Å². The molecule has 1 unspecified atom stereocenters. The number of aromatic nitrogens is 1. The fraction of sp³-hybridized carbons (Fsp3) is 0.333. The predicted molar refractivity (Wildman–Crippen MR) is 123 cm³/mol. The molecular formula is C21H22N4O6S2. The Bertz CT molecular complexity index is 1390. The van der Waals surface area contributed by atoms with Crippen molar-refractivity contribution in [1.82, 2.24) is 8.87 Å². The van der Waals surface area contributed by atoms with Crippen molar-refractivity contribution < 1.29 is 22.9 Å². The predicted octanol–water partition coefficient (Wildman–Crippen LogP) is 2.92. The topological polar surface area (TPSA) is 124 Å². The monoisotopic (exact) mass is 490 g/mol. The number of carbonyl (C=O) groups excluding carboxylic acids is 1. The number of ether oxygens (including phenoxy) is 1. The van der Waals surface area contributed by atoms with E-state index in [0.717, 1.165) is 5.52 Å². The largest absolute Gasteiger partial charge is 0.497 e. The highest BCUT2D eigenvalue weighted by Crippen LogP contribution is 2.28. The van der Waals surface area contributed by atoms with Gasteiger partial charge in [-0.15, -0.1) is 0 Å². The number of aryl methyl sites for hydroxylation is 1. The molecule has 33 heavy (non-hydrogen) atoms. The first kappa shape index (κ1) is 23.1. The molecule has 0 bridgehead atoms. The fourth-order valence-electron chi connectivity index (χ4n) is 3.89. The van der Waals surface area contributed by atoms with Gasteiger partial charge < -0.3 is 9.30 Å². The number of sulfonamides is 1. The number of benzene rings is 2. The van der Waals surface area contributed by atoms with Crippen molar-refractivity contribution in [2.45, 2.75) is 37.2 Å². The van der Waals surface area contributed by atoms with Crippen molar-refractivity contribution >= 4 is 43.2 Å². The van der Waals surface area contributed by atoms with Crippen LogP contribution in [0.1, 0.15) is 19.8 Å². The standard InChI is InChI=1S/C21H22N4O6S2/c1-3-23-17-11-6-14(25(27)28)13-19(17)32-21(23)22-20(26)18-5-4-12-24(18)33(29,30)16-9-7-15(31-2)8-10-16/h6-11,13,18H,3-5,12H2,1-2H3.